The van der Waals surface area contributed by atoms with Crippen LogP contribution in [0.15, 0.2) is 101 Å². The van der Waals surface area contributed by atoms with Gasteiger partial charge >= 0.3 is 5.69 Å². The Labute approximate surface area is 249 Å². The highest BCUT2D eigenvalue weighted by molar-refractivity contribution is 5.49. The minimum Gasteiger partial charge on any atom is -0.497 e. The molecule has 0 saturated carbocycles. The van der Waals surface area contributed by atoms with E-state index in [1.807, 2.05) is 78.9 Å². The number of ether oxygens (including phenoxy) is 4. The quantitative estimate of drug-likeness (QED) is 0.215. The van der Waals surface area contributed by atoms with Crippen LogP contribution >= 0.6 is 0 Å². The number of aliphatic hydroxyl groups is 1. The van der Waals surface area contributed by atoms with E-state index in [9.17, 15) is 14.7 Å². The van der Waals surface area contributed by atoms with E-state index in [1.54, 1.807) is 14.2 Å². The van der Waals surface area contributed by atoms with E-state index in [-0.39, 0.29) is 6.61 Å². The van der Waals surface area contributed by atoms with Crippen molar-refractivity contribution in [2.75, 3.05) is 27.4 Å². The molecule has 4 atom stereocenters. The molecule has 4 N–H and O–H groups in total. The molecule has 1 aliphatic rings. The molecule has 0 unspecified atom stereocenters. The van der Waals surface area contributed by atoms with Gasteiger partial charge in [0.1, 0.15) is 29.4 Å². The first-order valence-electron chi connectivity index (χ1n) is 14.2. The normalized spacial score (nSPS) is 20.2. The summed E-state index contributed by atoms with van der Waals surface area (Å²) in [6.45, 7) is 0.408. The third-order valence-electron chi connectivity index (χ3n) is 8.00. The SMILES string of the molecule is COc1ccc(C(OC[C@H]2O[C@@H](n3ccc(=O)[nH]c3=O)[C@H](CCCN)[C@@H]2O)(c2ccccc2)c2ccc(OC)cc2)cc1. The highest BCUT2D eigenvalue weighted by Crippen LogP contribution is 2.44. The summed E-state index contributed by atoms with van der Waals surface area (Å²) in [4.78, 5) is 26.7. The molecule has 43 heavy (non-hydrogen) atoms. The van der Waals surface area contributed by atoms with E-state index in [0.717, 1.165) is 16.7 Å². The average Bonchev–Trinajstić information content (AvgIpc) is 3.35. The van der Waals surface area contributed by atoms with Crippen LogP contribution in [0.3, 0.4) is 0 Å². The molecule has 226 valence electrons. The van der Waals surface area contributed by atoms with Crippen LogP contribution < -0.4 is 26.5 Å². The Morgan fingerprint density at radius 3 is 2.00 bits per heavy atom. The molecule has 0 radical (unpaired) electrons. The molecule has 2 heterocycles. The van der Waals surface area contributed by atoms with Crippen LogP contribution in [0.4, 0.5) is 0 Å². The van der Waals surface area contributed by atoms with Crippen molar-refractivity contribution in [1.82, 2.24) is 9.55 Å². The third kappa shape index (κ3) is 6.14. The van der Waals surface area contributed by atoms with E-state index < -0.39 is 41.2 Å². The van der Waals surface area contributed by atoms with Crippen LogP contribution in [-0.2, 0) is 15.1 Å². The highest BCUT2D eigenvalue weighted by Gasteiger charge is 2.47. The summed E-state index contributed by atoms with van der Waals surface area (Å²) in [7, 11) is 3.23. The van der Waals surface area contributed by atoms with E-state index in [2.05, 4.69) is 4.98 Å². The second-order valence-corrected chi connectivity index (χ2v) is 10.5. The molecule has 1 aromatic heterocycles. The van der Waals surface area contributed by atoms with E-state index in [1.165, 1.54) is 16.8 Å². The largest absolute Gasteiger partial charge is 0.497 e. The first-order chi connectivity index (χ1) is 20.9. The van der Waals surface area contributed by atoms with Crippen molar-refractivity contribution in [2.24, 2.45) is 11.7 Å². The lowest BCUT2D eigenvalue weighted by atomic mass is 9.80. The number of benzene rings is 3. The number of aromatic amines is 1. The topological polar surface area (TPSA) is 138 Å². The van der Waals surface area contributed by atoms with Gasteiger partial charge in [0.25, 0.3) is 5.56 Å². The second-order valence-electron chi connectivity index (χ2n) is 10.5. The zero-order valence-corrected chi connectivity index (χ0v) is 24.2. The van der Waals surface area contributed by atoms with Gasteiger partial charge in [-0.25, -0.2) is 4.79 Å². The van der Waals surface area contributed by atoms with Crippen LogP contribution in [0, 0.1) is 5.92 Å². The standard InChI is InChI=1S/C33H37N3O7/c1-40-25-14-10-23(11-15-25)33(22-7-4-3-5-8-22,24-12-16-26(41-2)17-13-24)42-21-28-30(38)27(9-6-19-34)31(43-28)36-20-18-29(37)35-32(36)39/h3-5,7-8,10-18,20,27-28,30-31,38H,6,9,19,21,34H2,1-2H3,(H,35,37,39)/t27-,28-,30+,31-/m1/s1. The second kappa shape index (κ2) is 13.4. The molecule has 4 aromatic rings. The molecule has 1 fully saturated rings. The van der Waals surface area contributed by atoms with Crippen molar-refractivity contribution in [3.63, 3.8) is 0 Å². The van der Waals surface area contributed by atoms with Gasteiger partial charge in [0.2, 0.25) is 0 Å². The van der Waals surface area contributed by atoms with Gasteiger partial charge in [-0.15, -0.1) is 0 Å². The van der Waals surface area contributed by atoms with Gasteiger partial charge in [-0.3, -0.25) is 14.3 Å². The van der Waals surface area contributed by atoms with Gasteiger partial charge in [-0.2, -0.15) is 0 Å². The van der Waals surface area contributed by atoms with Crippen molar-refractivity contribution < 1.29 is 24.1 Å². The number of nitrogens with zero attached hydrogens (tertiary/aromatic N) is 1. The van der Waals surface area contributed by atoms with Crippen molar-refractivity contribution in [1.29, 1.82) is 0 Å². The fourth-order valence-corrected chi connectivity index (χ4v) is 5.79. The molecule has 0 bridgehead atoms. The smallest absolute Gasteiger partial charge is 0.330 e. The molecule has 0 spiro atoms. The van der Waals surface area contributed by atoms with Crippen LogP contribution in [0.5, 0.6) is 11.5 Å². The number of aliphatic hydroxyl groups excluding tert-OH is 1. The number of methoxy groups -OCH3 is 2. The number of rotatable bonds is 12. The maximum atomic E-state index is 12.7. The lowest BCUT2D eigenvalue weighted by molar-refractivity contribution is -0.0949. The Morgan fingerprint density at radius 2 is 1.47 bits per heavy atom. The lowest BCUT2D eigenvalue weighted by Crippen LogP contribution is -2.38. The summed E-state index contributed by atoms with van der Waals surface area (Å²) in [5.41, 5.74) is 6.10. The van der Waals surface area contributed by atoms with E-state index >= 15 is 0 Å². The van der Waals surface area contributed by atoms with Crippen LogP contribution in [0.1, 0.15) is 35.8 Å². The lowest BCUT2D eigenvalue weighted by Gasteiger charge is -2.37. The molecule has 0 aliphatic carbocycles. The molecule has 1 aliphatic heterocycles. The van der Waals surface area contributed by atoms with Gasteiger partial charge in [-0.05, 0) is 60.3 Å². The predicted molar refractivity (Wildman–Crippen MR) is 161 cm³/mol. The fraction of sp³-hybridized carbons (Fsp3) is 0.333. The number of nitrogens with two attached hydrogens (primary N) is 1. The van der Waals surface area contributed by atoms with Gasteiger partial charge in [0.05, 0.1) is 26.9 Å². The van der Waals surface area contributed by atoms with Crippen LogP contribution in [-0.4, -0.2) is 54.2 Å². The molecule has 10 nitrogen and oxygen atoms in total. The van der Waals surface area contributed by atoms with Crippen molar-refractivity contribution in [2.45, 2.75) is 36.9 Å². The maximum absolute atomic E-state index is 12.7. The van der Waals surface area contributed by atoms with Crippen LogP contribution in [0.25, 0.3) is 0 Å². The van der Waals surface area contributed by atoms with Gasteiger partial charge in [0.15, 0.2) is 0 Å². The molecule has 0 amide bonds. The molecular weight excluding hydrogens is 550 g/mol. The summed E-state index contributed by atoms with van der Waals surface area (Å²) in [5.74, 6) is 0.952. The Hall–Kier alpha value is -4.22. The van der Waals surface area contributed by atoms with Crippen molar-refractivity contribution in [3.8, 4) is 11.5 Å². The summed E-state index contributed by atoms with van der Waals surface area (Å²) < 4.78 is 25.4. The Kier molecular flexibility index (Phi) is 9.42. The summed E-state index contributed by atoms with van der Waals surface area (Å²) in [6.07, 6.45) is -0.0287. The highest BCUT2D eigenvalue weighted by atomic mass is 16.6. The number of hydrogen-bond donors (Lipinski definition) is 3. The van der Waals surface area contributed by atoms with Gasteiger partial charge in [-0.1, -0.05) is 54.6 Å². The average molecular weight is 588 g/mol. The maximum Gasteiger partial charge on any atom is 0.330 e. The van der Waals surface area contributed by atoms with Crippen molar-refractivity contribution >= 4 is 0 Å². The molecule has 5 rings (SSSR count). The number of hydrogen-bond acceptors (Lipinski definition) is 8. The molecule has 3 aromatic carbocycles. The first-order valence-corrected chi connectivity index (χ1v) is 14.2. The Bertz CT molecular complexity index is 1540. The zero-order chi connectivity index (χ0) is 30.4. The molecule has 1 saturated heterocycles. The minimum absolute atomic E-state index is 0.0121. The number of H-pyrrole nitrogens is 1. The minimum atomic E-state index is -1.11. The van der Waals surface area contributed by atoms with Crippen LogP contribution in [0.2, 0.25) is 0 Å². The fourth-order valence-electron chi connectivity index (χ4n) is 5.79. The van der Waals surface area contributed by atoms with Gasteiger partial charge < -0.3 is 29.8 Å². The monoisotopic (exact) mass is 587 g/mol. The van der Waals surface area contributed by atoms with E-state index in [0.29, 0.717) is 30.9 Å². The first kappa shape index (κ1) is 30.2. The van der Waals surface area contributed by atoms with E-state index in [4.69, 9.17) is 24.7 Å². The zero-order valence-electron chi connectivity index (χ0n) is 24.2. The Morgan fingerprint density at radius 1 is 0.884 bits per heavy atom. The molecular formula is C33H37N3O7. The number of nitrogens with one attached hydrogen (secondary N) is 1. The summed E-state index contributed by atoms with van der Waals surface area (Å²) >= 11 is 0. The summed E-state index contributed by atoms with van der Waals surface area (Å²) in [6, 6.07) is 26.4. The number of aromatic nitrogens is 2. The predicted octanol–water partition coefficient (Wildman–Crippen LogP) is 3.18. The van der Waals surface area contributed by atoms with Crippen molar-refractivity contribution in [3.05, 3.63) is 129 Å². The Balaban J connectivity index is 1.57. The summed E-state index contributed by atoms with van der Waals surface area (Å²) in [5, 5.41) is 11.5. The van der Waals surface area contributed by atoms with Gasteiger partial charge in [0, 0.05) is 18.2 Å². The molecule has 10 heteroatoms. The third-order valence-corrected chi connectivity index (χ3v) is 8.00.